The largest absolute Gasteiger partial charge is 0.451 e. The molecule has 1 fully saturated rings. The van der Waals surface area contributed by atoms with Gasteiger partial charge in [0.1, 0.15) is 10.6 Å². The van der Waals surface area contributed by atoms with Crippen molar-refractivity contribution in [3.8, 4) is 0 Å². The van der Waals surface area contributed by atoms with Crippen LogP contribution in [-0.4, -0.2) is 68.5 Å². The lowest BCUT2D eigenvalue weighted by Gasteiger charge is -2.30. The van der Waals surface area contributed by atoms with E-state index in [0.29, 0.717) is 31.4 Å². The van der Waals surface area contributed by atoms with E-state index in [0.717, 1.165) is 40.6 Å². The summed E-state index contributed by atoms with van der Waals surface area (Å²) in [4.78, 5) is 27.6. The fourth-order valence-electron chi connectivity index (χ4n) is 4.87. The Morgan fingerprint density at radius 1 is 1.22 bits per heavy atom. The molecule has 3 aromatic rings. The Morgan fingerprint density at radius 2 is 2.05 bits per heavy atom. The number of rotatable bonds is 8. The third-order valence-electron chi connectivity index (χ3n) is 6.71. The number of alkyl halides is 3. The van der Waals surface area contributed by atoms with Crippen LogP contribution >= 0.6 is 11.3 Å². The summed E-state index contributed by atoms with van der Waals surface area (Å²) in [7, 11) is 0. The molecule has 10 nitrogen and oxygen atoms in total. The fourth-order valence-corrected chi connectivity index (χ4v) is 5.99. The van der Waals surface area contributed by atoms with E-state index in [-0.39, 0.29) is 43.8 Å². The minimum absolute atomic E-state index is 0.0894. The Balaban J connectivity index is 1.41. The average molecular weight is 539 g/mol. The molecule has 0 bridgehead atoms. The minimum atomic E-state index is -4.55. The zero-order chi connectivity index (χ0) is 26.2. The van der Waals surface area contributed by atoms with Gasteiger partial charge in [-0.3, -0.25) is 4.79 Å². The van der Waals surface area contributed by atoms with Crippen LogP contribution in [0.3, 0.4) is 0 Å². The monoisotopic (exact) mass is 538 g/mol. The summed E-state index contributed by atoms with van der Waals surface area (Å²) in [5.74, 6) is 0.635. The Labute approximate surface area is 215 Å². The van der Waals surface area contributed by atoms with Gasteiger partial charge in [0.2, 0.25) is 17.7 Å². The van der Waals surface area contributed by atoms with Gasteiger partial charge in [-0.2, -0.15) is 18.2 Å². The molecule has 2 aliphatic heterocycles. The summed E-state index contributed by atoms with van der Waals surface area (Å²) in [6.45, 7) is 4.51. The Kier molecular flexibility index (Phi) is 7.21. The van der Waals surface area contributed by atoms with Gasteiger partial charge in [0, 0.05) is 44.0 Å². The van der Waals surface area contributed by atoms with Crippen LogP contribution in [0.1, 0.15) is 42.7 Å². The highest BCUT2D eigenvalue weighted by Gasteiger charge is 2.40. The molecule has 0 radical (unpaired) electrons. The maximum Gasteiger partial charge on any atom is 0.451 e. The minimum Gasteiger partial charge on any atom is -0.396 e. The van der Waals surface area contributed by atoms with E-state index >= 15 is 0 Å². The van der Waals surface area contributed by atoms with Gasteiger partial charge in [0.25, 0.3) is 0 Å². The number of nitrogens with zero attached hydrogens (tertiary/aromatic N) is 7. The number of aliphatic hydroxyl groups excluding tert-OH is 1. The SMILES string of the molecule is CCCc1cc2c(N3CCn4c(nnc4C(F)(F)F)C3)nc(N3CCC(CNC(=O)CCO)C3)nc2s1. The maximum atomic E-state index is 13.3. The van der Waals surface area contributed by atoms with Crippen LogP contribution in [0.15, 0.2) is 6.07 Å². The zero-order valence-corrected chi connectivity index (χ0v) is 21.3. The summed E-state index contributed by atoms with van der Waals surface area (Å²) in [6, 6.07) is 2.09. The molecule has 3 aromatic heterocycles. The first-order chi connectivity index (χ1) is 17.8. The first-order valence-corrected chi connectivity index (χ1v) is 13.3. The highest BCUT2D eigenvalue weighted by molar-refractivity contribution is 7.18. The van der Waals surface area contributed by atoms with Crippen molar-refractivity contribution in [3.05, 3.63) is 22.6 Å². The first-order valence-electron chi connectivity index (χ1n) is 12.4. The third kappa shape index (κ3) is 5.35. The molecule has 1 unspecified atom stereocenters. The summed E-state index contributed by atoms with van der Waals surface area (Å²) < 4.78 is 41.1. The second-order valence-corrected chi connectivity index (χ2v) is 10.5. The average Bonchev–Trinajstić information content (AvgIpc) is 3.59. The maximum absolute atomic E-state index is 13.3. The number of thiophene rings is 1. The number of amides is 1. The van der Waals surface area contributed by atoms with Crippen LogP contribution in [0, 0.1) is 5.92 Å². The number of carbonyl (C=O) groups is 1. The molecule has 200 valence electrons. The summed E-state index contributed by atoms with van der Waals surface area (Å²) in [5, 5.41) is 19.9. The molecular weight excluding hydrogens is 509 g/mol. The first kappa shape index (κ1) is 25.6. The molecule has 1 saturated heterocycles. The molecule has 2 N–H and O–H groups in total. The standard InChI is InChI=1S/C23H29F3N8O2S/c1-2-3-15-10-16-19(32-7-8-34-17(13-32)30-31-21(34)23(24,25)26)28-22(29-20(16)37-15)33-6-4-14(12-33)11-27-18(36)5-9-35/h10,14,35H,2-9,11-13H2,1H3,(H,27,36). The van der Waals surface area contributed by atoms with E-state index in [1.54, 1.807) is 11.3 Å². The van der Waals surface area contributed by atoms with Gasteiger partial charge in [-0.15, -0.1) is 21.5 Å². The molecule has 5 heterocycles. The topological polar surface area (TPSA) is 112 Å². The number of aliphatic hydroxyl groups is 1. The quantitative estimate of drug-likeness (QED) is 0.450. The van der Waals surface area contributed by atoms with Crippen molar-refractivity contribution in [2.24, 2.45) is 5.92 Å². The highest BCUT2D eigenvalue weighted by Crippen LogP contribution is 2.36. The van der Waals surface area contributed by atoms with E-state index in [1.807, 2.05) is 4.90 Å². The molecule has 2 aliphatic rings. The van der Waals surface area contributed by atoms with Crippen LogP contribution < -0.4 is 15.1 Å². The number of halogens is 3. The molecule has 1 amide bonds. The lowest BCUT2D eigenvalue weighted by Crippen LogP contribution is -2.36. The smallest absolute Gasteiger partial charge is 0.396 e. The summed E-state index contributed by atoms with van der Waals surface area (Å²) >= 11 is 1.62. The molecule has 0 saturated carbocycles. The number of nitrogens with one attached hydrogen (secondary N) is 1. The zero-order valence-electron chi connectivity index (χ0n) is 20.5. The van der Waals surface area contributed by atoms with Gasteiger partial charge in [-0.25, -0.2) is 4.98 Å². The van der Waals surface area contributed by atoms with E-state index in [4.69, 9.17) is 15.1 Å². The molecule has 0 aromatic carbocycles. The number of aromatic nitrogens is 5. The molecule has 0 spiro atoms. The number of carbonyl (C=O) groups excluding carboxylic acids is 1. The Hall–Kier alpha value is -3.00. The van der Waals surface area contributed by atoms with Crippen LogP contribution in [0.5, 0.6) is 0 Å². The fraction of sp³-hybridized carbons (Fsp3) is 0.609. The molecule has 14 heteroatoms. The van der Waals surface area contributed by atoms with Crippen molar-refractivity contribution in [1.82, 2.24) is 30.0 Å². The lowest BCUT2D eigenvalue weighted by molar-refractivity contribution is -0.147. The van der Waals surface area contributed by atoms with Crippen molar-refractivity contribution >= 4 is 39.2 Å². The molecule has 37 heavy (non-hydrogen) atoms. The van der Waals surface area contributed by atoms with Gasteiger partial charge in [-0.05, 0) is 24.8 Å². The van der Waals surface area contributed by atoms with Crippen molar-refractivity contribution in [3.63, 3.8) is 0 Å². The van der Waals surface area contributed by atoms with Crippen LogP contribution in [0.2, 0.25) is 0 Å². The van der Waals surface area contributed by atoms with Crippen LogP contribution in [-0.2, 0) is 30.5 Å². The number of anilines is 2. The number of hydrogen-bond donors (Lipinski definition) is 2. The predicted molar refractivity (Wildman–Crippen MR) is 133 cm³/mol. The number of fused-ring (bicyclic) bond motifs is 2. The van der Waals surface area contributed by atoms with Gasteiger partial charge in [-0.1, -0.05) is 13.3 Å². The van der Waals surface area contributed by atoms with Gasteiger partial charge >= 0.3 is 6.18 Å². The van der Waals surface area contributed by atoms with E-state index in [1.165, 1.54) is 4.88 Å². The number of hydrogen-bond acceptors (Lipinski definition) is 9. The van der Waals surface area contributed by atoms with E-state index in [9.17, 15) is 18.0 Å². The van der Waals surface area contributed by atoms with Crippen molar-refractivity contribution in [1.29, 1.82) is 0 Å². The summed E-state index contributed by atoms with van der Waals surface area (Å²) in [6.07, 6.45) is -1.68. The van der Waals surface area contributed by atoms with Crippen molar-refractivity contribution in [2.45, 2.75) is 51.9 Å². The summed E-state index contributed by atoms with van der Waals surface area (Å²) in [5.41, 5.74) is 0. The predicted octanol–water partition coefficient (Wildman–Crippen LogP) is 2.60. The number of aryl methyl sites for hydroxylation is 1. The molecule has 1 atom stereocenters. The van der Waals surface area contributed by atoms with Crippen molar-refractivity contribution in [2.75, 3.05) is 42.6 Å². The van der Waals surface area contributed by atoms with E-state index in [2.05, 4.69) is 33.4 Å². The second kappa shape index (κ2) is 10.4. The van der Waals surface area contributed by atoms with Gasteiger partial charge in [0.15, 0.2) is 5.82 Å². The van der Waals surface area contributed by atoms with Gasteiger partial charge < -0.3 is 24.8 Å². The Morgan fingerprint density at radius 3 is 2.81 bits per heavy atom. The molecular formula is C23H29F3N8O2S. The Bertz CT molecular complexity index is 1280. The normalized spacial score (nSPS) is 18.0. The molecule has 5 rings (SSSR count). The van der Waals surface area contributed by atoms with Crippen LogP contribution in [0.4, 0.5) is 24.9 Å². The third-order valence-corrected chi connectivity index (χ3v) is 7.80. The second-order valence-electron chi connectivity index (χ2n) is 9.42. The van der Waals surface area contributed by atoms with E-state index < -0.39 is 12.0 Å². The van der Waals surface area contributed by atoms with Crippen molar-refractivity contribution < 1.29 is 23.1 Å². The molecule has 0 aliphatic carbocycles. The van der Waals surface area contributed by atoms with Crippen LogP contribution in [0.25, 0.3) is 10.2 Å². The van der Waals surface area contributed by atoms with Gasteiger partial charge in [0.05, 0.1) is 18.5 Å². The lowest BCUT2D eigenvalue weighted by atomic mass is 10.1. The highest BCUT2D eigenvalue weighted by atomic mass is 32.1.